The van der Waals surface area contributed by atoms with E-state index in [0.717, 1.165) is 19.5 Å². The SMILES string of the molecule is CCN(CC)C(=O)NCCC(c1ccccc1)c1ccccc1. The van der Waals surface area contributed by atoms with Crippen molar-refractivity contribution in [2.45, 2.75) is 26.2 Å². The summed E-state index contributed by atoms with van der Waals surface area (Å²) >= 11 is 0. The van der Waals surface area contributed by atoms with Gasteiger partial charge in [0, 0.05) is 25.6 Å². The van der Waals surface area contributed by atoms with E-state index in [1.807, 2.05) is 26.0 Å². The van der Waals surface area contributed by atoms with E-state index in [0.29, 0.717) is 12.5 Å². The Kier molecular flexibility index (Phi) is 6.67. The highest BCUT2D eigenvalue weighted by molar-refractivity contribution is 5.74. The molecule has 0 aromatic heterocycles. The van der Waals surface area contributed by atoms with Gasteiger partial charge in [0.1, 0.15) is 0 Å². The Morgan fingerprint density at radius 2 is 1.39 bits per heavy atom. The number of hydrogen-bond donors (Lipinski definition) is 1. The number of nitrogens with zero attached hydrogens (tertiary/aromatic N) is 1. The standard InChI is InChI=1S/C20H26N2O/c1-3-22(4-2)20(23)21-16-15-19(17-11-7-5-8-12-17)18-13-9-6-10-14-18/h5-14,19H,3-4,15-16H2,1-2H3,(H,21,23). The molecule has 23 heavy (non-hydrogen) atoms. The Morgan fingerprint density at radius 3 is 1.83 bits per heavy atom. The maximum Gasteiger partial charge on any atom is 0.317 e. The van der Waals surface area contributed by atoms with Gasteiger partial charge in [0.25, 0.3) is 0 Å². The maximum atomic E-state index is 12.1. The van der Waals surface area contributed by atoms with Gasteiger partial charge in [-0.1, -0.05) is 60.7 Å². The van der Waals surface area contributed by atoms with E-state index in [1.54, 1.807) is 4.90 Å². The van der Waals surface area contributed by atoms with Gasteiger partial charge in [0.05, 0.1) is 0 Å². The molecular formula is C20H26N2O. The first-order valence-electron chi connectivity index (χ1n) is 8.38. The van der Waals surface area contributed by atoms with Crippen LogP contribution in [0.15, 0.2) is 60.7 Å². The molecule has 122 valence electrons. The van der Waals surface area contributed by atoms with Gasteiger partial charge in [-0.15, -0.1) is 0 Å². The first kappa shape index (κ1) is 17.1. The van der Waals surface area contributed by atoms with Crippen molar-refractivity contribution in [3.05, 3.63) is 71.8 Å². The van der Waals surface area contributed by atoms with Crippen LogP contribution in [0.2, 0.25) is 0 Å². The van der Waals surface area contributed by atoms with Crippen LogP contribution in [0.5, 0.6) is 0 Å². The van der Waals surface area contributed by atoms with Crippen molar-refractivity contribution in [2.24, 2.45) is 0 Å². The van der Waals surface area contributed by atoms with E-state index in [9.17, 15) is 4.79 Å². The van der Waals surface area contributed by atoms with E-state index in [1.165, 1.54) is 11.1 Å². The number of urea groups is 1. The third-order valence-electron chi connectivity index (χ3n) is 4.16. The quantitative estimate of drug-likeness (QED) is 0.814. The van der Waals surface area contributed by atoms with Crippen molar-refractivity contribution in [3.8, 4) is 0 Å². The monoisotopic (exact) mass is 310 g/mol. The lowest BCUT2D eigenvalue weighted by atomic mass is 9.88. The van der Waals surface area contributed by atoms with Crippen LogP contribution in [0.4, 0.5) is 4.79 Å². The Bertz CT molecular complexity index is 540. The molecule has 0 unspecified atom stereocenters. The second kappa shape index (κ2) is 8.99. The topological polar surface area (TPSA) is 32.3 Å². The highest BCUT2D eigenvalue weighted by Gasteiger charge is 2.15. The van der Waals surface area contributed by atoms with Crippen LogP contribution in [0, 0.1) is 0 Å². The van der Waals surface area contributed by atoms with Gasteiger partial charge in [-0.3, -0.25) is 0 Å². The summed E-state index contributed by atoms with van der Waals surface area (Å²) in [6.45, 7) is 6.15. The summed E-state index contributed by atoms with van der Waals surface area (Å²) in [6, 6.07) is 21.0. The van der Waals surface area contributed by atoms with Crippen molar-refractivity contribution in [1.29, 1.82) is 0 Å². The third kappa shape index (κ3) is 4.85. The molecule has 3 heteroatoms. The normalized spacial score (nSPS) is 10.6. The fraction of sp³-hybridized carbons (Fsp3) is 0.350. The molecule has 0 saturated heterocycles. The fourth-order valence-electron chi connectivity index (χ4n) is 2.84. The molecule has 0 fully saturated rings. The minimum atomic E-state index is 0.0230. The van der Waals surface area contributed by atoms with Gasteiger partial charge in [0.2, 0.25) is 0 Å². The zero-order chi connectivity index (χ0) is 16.5. The number of benzene rings is 2. The van der Waals surface area contributed by atoms with Crippen molar-refractivity contribution in [1.82, 2.24) is 10.2 Å². The average molecular weight is 310 g/mol. The van der Waals surface area contributed by atoms with Crippen LogP contribution in [0.25, 0.3) is 0 Å². The van der Waals surface area contributed by atoms with Crippen LogP contribution >= 0.6 is 0 Å². The van der Waals surface area contributed by atoms with Crippen LogP contribution in [0.3, 0.4) is 0 Å². The lowest BCUT2D eigenvalue weighted by Gasteiger charge is -2.22. The van der Waals surface area contributed by atoms with Gasteiger partial charge < -0.3 is 10.2 Å². The van der Waals surface area contributed by atoms with Gasteiger partial charge in [-0.25, -0.2) is 4.79 Å². The summed E-state index contributed by atoms with van der Waals surface area (Å²) in [4.78, 5) is 13.9. The first-order chi connectivity index (χ1) is 11.3. The lowest BCUT2D eigenvalue weighted by molar-refractivity contribution is 0.203. The number of rotatable bonds is 7. The summed E-state index contributed by atoms with van der Waals surface area (Å²) in [5.41, 5.74) is 2.58. The van der Waals surface area contributed by atoms with E-state index in [-0.39, 0.29) is 6.03 Å². The van der Waals surface area contributed by atoms with Gasteiger partial charge in [-0.05, 0) is 31.4 Å². The molecule has 0 saturated carbocycles. The molecule has 3 nitrogen and oxygen atoms in total. The molecule has 0 aliphatic heterocycles. The van der Waals surface area contributed by atoms with Crippen LogP contribution in [0.1, 0.15) is 37.3 Å². The number of nitrogens with one attached hydrogen (secondary N) is 1. The Hall–Kier alpha value is -2.29. The predicted molar refractivity (Wildman–Crippen MR) is 95.7 cm³/mol. The fourth-order valence-corrected chi connectivity index (χ4v) is 2.84. The van der Waals surface area contributed by atoms with E-state index >= 15 is 0 Å². The molecule has 0 aliphatic rings. The highest BCUT2D eigenvalue weighted by atomic mass is 16.2. The smallest absolute Gasteiger partial charge is 0.317 e. The summed E-state index contributed by atoms with van der Waals surface area (Å²) < 4.78 is 0. The minimum absolute atomic E-state index is 0.0230. The van der Waals surface area contributed by atoms with Gasteiger partial charge in [0.15, 0.2) is 0 Å². The Morgan fingerprint density at radius 1 is 0.913 bits per heavy atom. The van der Waals surface area contributed by atoms with E-state index in [4.69, 9.17) is 0 Å². The molecule has 0 atom stereocenters. The lowest BCUT2D eigenvalue weighted by Crippen LogP contribution is -2.40. The second-order valence-electron chi connectivity index (χ2n) is 5.57. The highest BCUT2D eigenvalue weighted by Crippen LogP contribution is 2.27. The number of amides is 2. The van der Waals surface area contributed by atoms with E-state index < -0.39 is 0 Å². The van der Waals surface area contributed by atoms with Gasteiger partial charge in [-0.2, -0.15) is 0 Å². The summed E-state index contributed by atoms with van der Waals surface area (Å²) in [6.07, 6.45) is 0.890. The third-order valence-corrected chi connectivity index (χ3v) is 4.16. The Labute approximate surface area is 139 Å². The van der Waals surface area contributed by atoms with Crippen LogP contribution in [-0.2, 0) is 0 Å². The largest absolute Gasteiger partial charge is 0.338 e. The molecule has 1 N–H and O–H groups in total. The molecule has 0 radical (unpaired) electrons. The summed E-state index contributed by atoms with van der Waals surface area (Å²) in [5.74, 6) is 0.300. The number of hydrogen-bond acceptors (Lipinski definition) is 1. The first-order valence-corrected chi connectivity index (χ1v) is 8.38. The van der Waals surface area contributed by atoms with E-state index in [2.05, 4.69) is 53.8 Å². The molecule has 0 spiro atoms. The molecule has 2 amide bonds. The van der Waals surface area contributed by atoms with Crippen LogP contribution < -0.4 is 5.32 Å². The van der Waals surface area contributed by atoms with Crippen LogP contribution in [-0.4, -0.2) is 30.6 Å². The molecule has 0 aliphatic carbocycles. The average Bonchev–Trinajstić information content (AvgIpc) is 2.61. The van der Waals surface area contributed by atoms with Crippen molar-refractivity contribution < 1.29 is 4.79 Å². The minimum Gasteiger partial charge on any atom is -0.338 e. The number of carbonyl (C=O) groups excluding carboxylic acids is 1. The number of carbonyl (C=O) groups is 1. The predicted octanol–water partition coefficient (Wildman–Crippen LogP) is 4.26. The molecule has 2 aromatic carbocycles. The zero-order valence-corrected chi connectivity index (χ0v) is 14.0. The molecule has 2 aromatic rings. The van der Waals surface area contributed by atoms with Crippen molar-refractivity contribution in [3.63, 3.8) is 0 Å². The zero-order valence-electron chi connectivity index (χ0n) is 14.0. The van der Waals surface area contributed by atoms with Crippen molar-refractivity contribution in [2.75, 3.05) is 19.6 Å². The van der Waals surface area contributed by atoms with Crippen molar-refractivity contribution >= 4 is 6.03 Å². The molecule has 0 heterocycles. The molecule has 0 bridgehead atoms. The Balaban J connectivity index is 2.04. The summed E-state index contributed by atoms with van der Waals surface area (Å²) in [7, 11) is 0. The second-order valence-corrected chi connectivity index (χ2v) is 5.57. The summed E-state index contributed by atoms with van der Waals surface area (Å²) in [5, 5.41) is 3.04. The maximum absolute atomic E-state index is 12.1. The molecule has 2 rings (SSSR count). The van der Waals surface area contributed by atoms with Gasteiger partial charge >= 0.3 is 6.03 Å². The molecular weight excluding hydrogens is 284 g/mol.